The van der Waals surface area contributed by atoms with Crippen LogP contribution in [0.1, 0.15) is 59.9 Å². The summed E-state index contributed by atoms with van der Waals surface area (Å²) in [7, 11) is -2.73. The number of rotatable bonds is 16. The molecular weight excluding hydrogens is 536 g/mol. The molecule has 0 bridgehead atoms. The van der Waals surface area contributed by atoms with Crippen LogP contribution in [-0.2, 0) is 15.8 Å². The summed E-state index contributed by atoms with van der Waals surface area (Å²) in [5.41, 5.74) is 1.09. The van der Waals surface area contributed by atoms with Crippen LogP contribution < -0.4 is 10.4 Å². The fraction of sp³-hybridized carbons (Fsp3) is 0.459. The van der Waals surface area contributed by atoms with Gasteiger partial charge < -0.3 is 19.4 Å². The molecule has 228 valence electrons. The molecule has 3 aromatic carbocycles. The predicted octanol–water partition coefficient (Wildman–Crippen LogP) is 6.74. The van der Waals surface area contributed by atoms with Crippen molar-refractivity contribution in [3.05, 3.63) is 109 Å². The highest BCUT2D eigenvalue weighted by molar-refractivity contribution is 6.99. The minimum atomic E-state index is -2.73. The topological polar surface area (TPSA) is 58.9 Å². The normalized spacial score (nSPS) is 16.7. The maximum Gasteiger partial charge on any atom is 0.261 e. The number of hydrogen-bond donors (Lipinski definition) is 2. The second-order valence-corrected chi connectivity index (χ2v) is 17.2. The first kappa shape index (κ1) is 34.0. The van der Waals surface area contributed by atoms with Gasteiger partial charge in [-0.15, -0.1) is 6.58 Å². The van der Waals surface area contributed by atoms with E-state index >= 15 is 0 Å². The summed E-state index contributed by atoms with van der Waals surface area (Å²) >= 11 is 0. The zero-order chi connectivity index (χ0) is 30.8. The van der Waals surface area contributed by atoms with Crippen molar-refractivity contribution in [2.75, 3.05) is 6.61 Å². The van der Waals surface area contributed by atoms with Gasteiger partial charge in [0.1, 0.15) is 0 Å². The van der Waals surface area contributed by atoms with Crippen LogP contribution in [0.4, 0.5) is 0 Å². The number of aliphatic hydroxyl groups excluding tert-OH is 2. The van der Waals surface area contributed by atoms with Gasteiger partial charge in [0.15, 0.2) is 0 Å². The molecule has 0 aliphatic rings. The van der Waals surface area contributed by atoms with Crippen LogP contribution in [0.2, 0.25) is 5.04 Å². The Bertz CT molecular complexity index is 1140. The number of ether oxygens (including phenoxy) is 1. The van der Waals surface area contributed by atoms with E-state index in [9.17, 15) is 10.2 Å². The fourth-order valence-electron chi connectivity index (χ4n) is 6.17. The summed E-state index contributed by atoms with van der Waals surface area (Å²) in [4.78, 5) is 0. The SMILES string of the molecule is C=CCC[C@H](O)[C@@H](C)[C@@H](O)[C@H](C)[C@H](OCc1ccccc1)[C@H](C)CO[Si](c1ccccc1)(c1ccccc1)C(C)(C)C. The summed E-state index contributed by atoms with van der Waals surface area (Å²) in [5, 5.41) is 24.6. The van der Waals surface area contributed by atoms with E-state index in [-0.39, 0.29) is 28.9 Å². The molecule has 0 spiro atoms. The van der Waals surface area contributed by atoms with Crippen molar-refractivity contribution in [2.24, 2.45) is 17.8 Å². The Labute approximate surface area is 255 Å². The van der Waals surface area contributed by atoms with Gasteiger partial charge in [0.2, 0.25) is 0 Å². The summed E-state index contributed by atoms with van der Waals surface area (Å²) < 4.78 is 13.9. The predicted molar refractivity (Wildman–Crippen MR) is 178 cm³/mol. The van der Waals surface area contributed by atoms with Crippen molar-refractivity contribution < 1.29 is 19.4 Å². The van der Waals surface area contributed by atoms with E-state index in [2.05, 4.69) is 107 Å². The Kier molecular flexibility index (Phi) is 12.8. The molecule has 3 aromatic rings. The lowest BCUT2D eigenvalue weighted by Crippen LogP contribution is -2.67. The molecule has 6 atom stereocenters. The van der Waals surface area contributed by atoms with Gasteiger partial charge in [-0.3, -0.25) is 0 Å². The van der Waals surface area contributed by atoms with Crippen molar-refractivity contribution in [3.8, 4) is 0 Å². The van der Waals surface area contributed by atoms with E-state index < -0.39 is 20.5 Å². The van der Waals surface area contributed by atoms with Gasteiger partial charge >= 0.3 is 0 Å². The molecule has 0 amide bonds. The van der Waals surface area contributed by atoms with Crippen LogP contribution in [-0.4, -0.2) is 43.4 Å². The minimum Gasteiger partial charge on any atom is -0.407 e. The second-order valence-electron chi connectivity index (χ2n) is 12.9. The standard InChI is InChI=1S/C37H52O4Si/c1-8-9-25-34(38)29(3)35(39)30(4)36(40-27-31-19-13-10-14-20-31)28(2)26-41-42(37(5,6)7,32-21-15-11-16-22-32)33-23-17-12-18-24-33/h8,10-24,28-30,34-36,38-39H,1,9,25-27H2,2-7H3/t28-,29-,30+,34+,35-,36-/m1/s1. The number of aliphatic hydroxyl groups is 2. The van der Waals surface area contributed by atoms with Crippen molar-refractivity contribution in [1.82, 2.24) is 0 Å². The quantitative estimate of drug-likeness (QED) is 0.144. The van der Waals surface area contributed by atoms with E-state index in [4.69, 9.17) is 9.16 Å². The average Bonchev–Trinajstić information content (AvgIpc) is 3.00. The summed E-state index contributed by atoms with van der Waals surface area (Å²) in [5.74, 6) is -0.537. The lowest BCUT2D eigenvalue weighted by molar-refractivity contribution is -0.0975. The monoisotopic (exact) mass is 588 g/mol. The van der Waals surface area contributed by atoms with Crippen LogP contribution in [0.5, 0.6) is 0 Å². The zero-order valence-electron chi connectivity index (χ0n) is 26.4. The Morgan fingerprint density at radius 1 is 0.786 bits per heavy atom. The van der Waals surface area contributed by atoms with E-state index in [1.165, 1.54) is 10.4 Å². The molecule has 0 aliphatic carbocycles. The van der Waals surface area contributed by atoms with E-state index in [1.807, 2.05) is 38.1 Å². The molecule has 42 heavy (non-hydrogen) atoms. The van der Waals surface area contributed by atoms with Gasteiger partial charge in [-0.1, -0.05) is 139 Å². The first-order chi connectivity index (χ1) is 20.0. The summed E-state index contributed by atoms with van der Waals surface area (Å²) in [6.45, 7) is 17.7. The third-order valence-corrected chi connectivity index (χ3v) is 13.7. The lowest BCUT2D eigenvalue weighted by Gasteiger charge is -2.44. The van der Waals surface area contributed by atoms with Gasteiger partial charge in [-0.25, -0.2) is 0 Å². The largest absolute Gasteiger partial charge is 0.407 e. The van der Waals surface area contributed by atoms with Gasteiger partial charge in [0.25, 0.3) is 8.32 Å². The number of hydrogen-bond acceptors (Lipinski definition) is 4. The molecule has 0 radical (unpaired) electrons. The molecule has 0 aromatic heterocycles. The maximum absolute atomic E-state index is 11.5. The first-order valence-corrected chi connectivity index (χ1v) is 17.3. The Morgan fingerprint density at radius 3 is 1.76 bits per heavy atom. The number of benzene rings is 3. The Morgan fingerprint density at radius 2 is 1.29 bits per heavy atom. The second kappa shape index (κ2) is 15.8. The molecular formula is C37H52O4Si. The van der Waals surface area contributed by atoms with Crippen LogP contribution in [0.15, 0.2) is 104 Å². The maximum atomic E-state index is 11.5. The molecule has 4 nitrogen and oxygen atoms in total. The first-order valence-electron chi connectivity index (χ1n) is 15.4. The molecule has 0 fully saturated rings. The Balaban J connectivity index is 1.93. The average molecular weight is 589 g/mol. The molecule has 0 aliphatic heterocycles. The smallest absolute Gasteiger partial charge is 0.261 e. The fourth-order valence-corrected chi connectivity index (χ4v) is 10.8. The number of allylic oxidation sites excluding steroid dienone is 1. The van der Waals surface area contributed by atoms with Crippen LogP contribution in [0, 0.1) is 17.8 Å². The van der Waals surface area contributed by atoms with Crippen molar-refractivity contribution in [2.45, 2.75) is 84.3 Å². The van der Waals surface area contributed by atoms with Crippen LogP contribution in [0.25, 0.3) is 0 Å². The lowest BCUT2D eigenvalue weighted by atomic mass is 9.81. The van der Waals surface area contributed by atoms with Crippen LogP contribution >= 0.6 is 0 Å². The third-order valence-electron chi connectivity index (χ3n) is 8.69. The highest BCUT2D eigenvalue weighted by atomic mass is 28.4. The van der Waals surface area contributed by atoms with E-state index in [1.54, 1.807) is 0 Å². The Hall–Kier alpha value is -2.54. The third kappa shape index (κ3) is 8.30. The van der Waals surface area contributed by atoms with E-state index in [0.717, 1.165) is 5.56 Å². The molecule has 0 saturated heterocycles. The molecule has 5 heteroatoms. The van der Waals surface area contributed by atoms with Crippen molar-refractivity contribution in [3.63, 3.8) is 0 Å². The molecule has 0 heterocycles. The van der Waals surface area contributed by atoms with Gasteiger partial charge in [-0.05, 0) is 33.8 Å². The summed E-state index contributed by atoms with van der Waals surface area (Å²) in [6.07, 6.45) is 1.47. The molecule has 2 N–H and O–H groups in total. The van der Waals surface area contributed by atoms with Gasteiger partial charge in [0, 0.05) is 24.4 Å². The van der Waals surface area contributed by atoms with E-state index in [0.29, 0.717) is 26.1 Å². The van der Waals surface area contributed by atoms with Gasteiger partial charge in [0.05, 0.1) is 24.9 Å². The van der Waals surface area contributed by atoms with Crippen LogP contribution in [0.3, 0.4) is 0 Å². The highest BCUT2D eigenvalue weighted by Crippen LogP contribution is 2.38. The van der Waals surface area contributed by atoms with Gasteiger partial charge in [-0.2, -0.15) is 0 Å². The van der Waals surface area contributed by atoms with Crippen molar-refractivity contribution >= 4 is 18.7 Å². The molecule has 3 rings (SSSR count). The molecule has 0 saturated carbocycles. The highest BCUT2D eigenvalue weighted by Gasteiger charge is 2.50. The van der Waals surface area contributed by atoms with Crippen molar-refractivity contribution in [1.29, 1.82) is 0 Å². The summed E-state index contributed by atoms with van der Waals surface area (Å²) in [6, 6.07) is 31.5. The zero-order valence-corrected chi connectivity index (χ0v) is 27.4. The molecule has 0 unspecified atom stereocenters. The minimum absolute atomic E-state index is 0.0162.